The number of aromatic carboxylic acids is 1. The molecule has 3 aromatic heterocycles. The summed E-state index contributed by atoms with van der Waals surface area (Å²) in [6, 6.07) is 19.9. The van der Waals surface area contributed by atoms with Crippen molar-refractivity contribution >= 4 is 112 Å². The van der Waals surface area contributed by atoms with Crippen LogP contribution in [-0.2, 0) is 89.3 Å². The molecular formula is C74H87N11O19S3. The molecule has 570 valence electrons. The summed E-state index contributed by atoms with van der Waals surface area (Å²) in [4.78, 5) is 135. The van der Waals surface area contributed by atoms with Crippen LogP contribution in [0.4, 0.5) is 21.4 Å². The van der Waals surface area contributed by atoms with E-state index in [1.807, 2.05) is 59.0 Å². The molecule has 6 atom stereocenters. The minimum Gasteiger partial charge on any atom is -0.476 e. The van der Waals surface area contributed by atoms with E-state index >= 15 is 0 Å². The summed E-state index contributed by atoms with van der Waals surface area (Å²) in [7, 11) is -8.90. The summed E-state index contributed by atoms with van der Waals surface area (Å²) in [6.45, 7) is 10.7. The lowest BCUT2D eigenvalue weighted by atomic mass is 9.39. The molecule has 7 amide bonds. The first-order chi connectivity index (χ1) is 50.6. The van der Waals surface area contributed by atoms with E-state index in [2.05, 4.69) is 34.8 Å². The molecule has 7 aliphatic rings. The van der Waals surface area contributed by atoms with Crippen LogP contribution in [0.5, 0.6) is 0 Å². The third kappa shape index (κ3) is 17.8. The highest BCUT2D eigenvalue weighted by Crippen LogP contribution is 2.72. The number of anilines is 3. The normalized spacial score (nSPS) is 23.0. The maximum absolute atomic E-state index is 13.9. The van der Waals surface area contributed by atoms with Crippen LogP contribution in [0, 0.1) is 35.0 Å². The Bertz CT molecular complexity index is 4720. The van der Waals surface area contributed by atoms with Gasteiger partial charge in [-0.1, -0.05) is 75.4 Å². The number of carboxylic acids is 1. The Labute approximate surface area is 622 Å². The molecule has 107 heavy (non-hydrogen) atoms. The van der Waals surface area contributed by atoms with Gasteiger partial charge in [-0.2, -0.15) is 21.9 Å². The number of imide groups is 1. The molecule has 4 bridgehead atoms. The number of hydrogen-bond acceptors (Lipinski definition) is 21. The number of nitrogens with zero attached hydrogens (tertiary/aromatic N) is 8. The fourth-order valence-electron chi connectivity index (χ4n) is 17.5. The van der Waals surface area contributed by atoms with Crippen molar-refractivity contribution in [1.82, 2.24) is 39.8 Å². The van der Waals surface area contributed by atoms with Crippen molar-refractivity contribution in [3.63, 3.8) is 0 Å². The molecule has 0 radical (unpaired) electrons. The average molecular weight is 1530 g/mol. The van der Waals surface area contributed by atoms with Crippen LogP contribution in [0.1, 0.15) is 129 Å². The fourth-order valence-corrected chi connectivity index (χ4v) is 19.2. The second-order valence-electron chi connectivity index (χ2n) is 30.4. The SMILES string of the molecule is Cc1c(-c2ccc(N3CCc4cccc(C(=O)Nc5nc6ccccc6s5)c4C3)nc2C(=O)O)cnn1CC12CC3(C)CC(C)(C1)CC(OCCN(CCS(=O)(=O)O)C(=O)OCc1ccc(NC(=O)[C@H](C)NC(=O)[C@@H](CC(=O)CN4C(=O)[C@@H](N5C(=O)C=CC5=O)C[C@H]4COCCS(=O)(=O)O)C(C)C)cc1)(C3)C2. The molecule has 30 nitrogen and oxygen atoms in total. The lowest BCUT2D eigenvalue weighted by Crippen LogP contribution is -2.64. The first kappa shape index (κ1) is 77.2. The van der Waals surface area contributed by atoms with Crippen molar-refractivity contribution < 1.29 is 88.4 Å². The number of nitrogens with one attached hydrogen (secondary N) is 3. The predicted molar refractivity (Wildman–Crippen MR) is 392 cm³/mol. The molecule has 4 saturated carbocycles. The third-order valence-electron chi connectivity index (χ3n) is 21.3. The molecule has 6 N–H and O–H groups in total. The second kappa shape index (κ2) is 30.7. The molecule has 3 aromatic carbocycles. The van der Waals surface area contributed by atoms with Crippen LogP contribution in [0.2, 0.25) is 0 Å². The van der Waals surface area contributed by atoms with Gasteiger partial charge in [-0.25, -0.2) is 19.6 Å². The molecule has 4 aliphatic carbocycles. The Morgan fingerprint density at radius 1 is 0.785 bits per heavy atom. The molecule has 5 fully saturated rings. The highest BCUT2D eigenvalue weighted by atomic mass is 32.2. The van der Waals surface area contributed by atoms with Crippen LogP contribution >= 0.6 is 11.3 Å². The molecule has 1 saturated heterocycles. The Kier molecular flexibility index (Phi) is 22.2. The number of pyridine rings is 1. The van der Waals surface area contributed by atoms with Gasteiger partial charge in [0.25, 0.3) is 38.0 Å². The number of thiazole rings is 1. The van der Waals surface area contributed by atoms with E-state index in [0.29, 0.717) is 71.4 Å². The Balaban J connectivity index is 0.640. The van der Waals surface area contributed by atoms with Crippen molar-refractivity contribution in [3.05, 3.63) is 131 Å². The van der Waals surface area contributed by atoms with Crippen molar-refractivity contribution in [1.29, 1.82) is 0 Å². The van der Waals surface area contributed by atoms with Gasteiger partial charge in [-0.05, 0) is 140 Å². The highest BCUT2D eigenvalue weighted by molar-refractivity contribution is 7.86. The zero-order chi connectivity index (χ0) is 76.7. The number of amides is 7. The van der Waals surface area contributed by atoms with E-state index in [0.717, 1.165) is 81.1 Å². The van der Waals surface area contributed by atoms with Gasteiger partial charge in [0.15, 0.2) is 16.6 Å². The van der Waals surface area contributed by atoms with Gasteiger partial charge in [0.1, 0.15) is 24.5 Å². The zero-order valence-corrected chi connectivity index (χ0v) is 62.6. The minimum atomic E-state index is -4.52. The molecule has 0 spiro atoms. The number of para-hydroxylation sites is 1. The molecule has 33 heteroatoms. The first-order valence-corrected chi connectivity index (χ1v) is 39.5. The number of benzene rings is 3. The fraction of sp³-hybridized carbons (Fsp3) is 0.486. The molecule has 2 unspecified atom stereocenters. The summed E-state index contributed by atoms with van der Waals surface area (Å²) >= 11 is 1.39. The predicted octanol–water partition coefficient (Wildman–Crippen LogP) is 7.51. The summed E-state index contributed by atoms with van der Waals surface area (Å²) in [5.74, 6) is -7.99. The van der Waals surface area contributed by atoms with Crippen LogP contribution in [0.3, 0.4) is 0 Å². The Morgan fingerprint density at radius 2 is 1.50 bits per heavy atom. The van der Waals surface area contributed by atoms with Crippen LogP contribution in [0.25, 0.3) is 21.3 Å². The van der Waals surface area contributed by atoms with E-state index in [1.54, 1.807) is 44.3 Å². The number of carboxylic acid groups (broad SMARTS) is 1. The topological polar surface area (TPSA) is 403 Å². The maximum Gasteiger partial charge on any atom is 0.410 e. The number of ketones is 1. The van der Waals surface area contributed by atoms with E-state index < -0.39 is 134 Å². The van der Waals surface area contributed by atoms with E-state index in [1.165, 1.54) is 35.3 Å². The number of hydrogen-bond donors (Lipinski definition) is 6. The van der Waals surface area contributed by atoms with Gasteiger partial charge in [0.05, 0.1) is 65.9 Å². The molecule has 13 rings (SSSR count). The number of likely N-dealkylation sites (tertiary alicyclic amines) is 1. The lowest BCUT2D eigenvalue weighted by Gasteiger charge is -2.69. The number of aromatic nitrogens is 4. The summed E-state index contributed by atoms with van der Waals surface area (Å²) < 4.78 is 86.7. The summed E-state index contributed by atoms with van der Waals surface area (Å²) in [5.41, 5.74) is 4.44. The van der Waals surface area contributed by atoms with Gasteiger partial charge < -0.3 is 44.7 Å². The van der Waals surface area contributed by atoms with Crippen LogP contribution < -0.4 is 20.9 Å². The van der Waals surface area contributed by atoms with Gasteiger partial charge in [0, 0.05) is 91.7 Å². The van der Waals surface area contributed by atoms with E-state index in [4.69, 9.17) is 28.8 Å². The van der Waals surface area contributed by atoms with E-state index in [-0.39, 0.29) is 67.1 Å². The lowest BCUT2D eigenvalue weighted by molar-refractivity contribution is -0.248. The zero-order valence-electron chi connectivity index (χ0n) is 60.1. The number of carbonyl (C=O) groups excluding carboxylic acids is 8. The second-order valence-corrected chi connectivity index (χ2v) is 34.6. The maximum atomic E-state index is 13.9. The number of Topliss-reactive ketones (excluding diaryl/α,β-unsaturated/α-hetero) is 1. The largest absolute Gasteiger partial charge is 0.476 e. The molecule has 6 heterocycles. The highest BCUT2D eigenvalue weighted by Gasteiger charge is 2.66. The van der Waals surface area contributed by atoms with Gasteiger partial charge in [-0.15, -0.1) is 0 Å². The van der Waals surface area contributed by atoms with Crippen molar-refractivity contribution in [2.45, 2.75) is 143 Å². The van der Waals surface area contributed by atoms with Gasteiger partial charge >= 0.3 is 12.1 Å². The third-order valence-corrected chi connectivity index (χ3v) is 23.7. The van der Waals surface area contributed by atoms with Crippen molar-refractivity contribution in [3.8, 4) is 11.1 Å². The van der Waals surface area contributed by atoms with Crippen molar-refractivity contribution in [2.75, 3.05) is 73.0 Å². The minimum absolute atomic E-state index is 0.0160. The first-order valence-electron chi connectivity index (χ1n) is 35.5. The van der Waals surface area contributed by atoms with Crippen LogP contribution in [0.15, 0.2) is 97.2 Å². The number of carbonyl (C=O) groups is 9. The quantitative estimate of drug-likeness (QED) is 0.0139. The average Bonchev–Trinajstić information content (AvgIpc) is 0.989. The molecular weight excluding hydrogens is 1440 g/mol. The van der Waals surface area contributed by atoms with Crippen molar-refractivity contribution in [2.24, 2.45) is 28.1 Å². The van der Waals surface area contributed by atoms with Gasteiger partial charge in [-0.3, -0.25) is 57.6 Å². The van der Waals surface area contributed by atoms with Crippen LogP contribution in [-0.4, -0.2) is 200 Å². The standard InChI is InChI=1S/C74H87N11O19S3/c1-44(2)54(31-51(86)33-83-50(36-102-27-29-107(99,100)101)30-58(67(83)92)85-61(87)20-21-62(85)88)66(91)76-45(3)64(89)77-49-16-14-47(15-17-49)35-103-70(95)81(25-28-106(96,97)98)24-26-104-74-40-71(5)37-72(6,41-74)39-73(38-71,42-74)43-84-46(4)55(32-75-84)52-18-19-60(79-63(52)68(93)94)82-23-22-48-10-9-11-53(56(48)34-82)65(90)80-69-78-57-12-7-8-13-59(57)105-69/h7-21,32,44-45,50,54,58H,22-31,33-43H2,1-6H3,(H,76,91)(H,77,89)(H,93,94)(H,78,80,90)(H,96,97,98)(H,99,100,101)/t45-,50-,54-,58-,71?,72?,73?,74?/m0/s1. The Morgan fingerprint density at radius 3 is 2.18 bits per heavy atom. The number of ether oxygens (including phenoxy) is 3. The van der Waals surface area contributed by atoms with E-state index in [9.17, 15) is 69.6 Å². The smallest absolute Gasteiger partial charge is 0.410 e. The van der Waals surface area contributed by atoms with Gasteiger partial charge in [0.2, 0.25) is 17.7 Å². The summed E-state index contributed by atoms with van der Waals surface area (Å²) in [6.07, 6.45) is 7.86. The monoisotopic (exact) mass is 1530 g/mol. The molecule has 6 aromatic rings. The number of fused-ring (bicyclic) bond motifs is 2. The summed E-state index contributed by atoms with van der Waals surface area (Å²) in [5, 5.41) is 24.5. The Hall–Kier alpha value is -9.38. The number of rotatable bonds is 31. The molecule has 3 aliphatic heterocycles.